The lowest BCUT2D eigenvalue weighted by atomic mass is 10.1. The number of aromatic nitrogens is 1. The number of pyridine rings is 1. The molecule has 0 saturated carbocycles. The molecule has 1 atom stereocenters. The van der Waals surface area contributed by atoms with E-state index in [1.54, 1.807) is 13.1 Å². The van der Waals surface area contributed by atoms with Crippen LogP contribution in [-0.4, -0.2) is 31.3 Å². The van der Waals surface area contributed by atoms with Crippen molar-refractivity contribution < 1.29 is 9.47 Å². The zero-order chi connectivity index (χ0) is 13.0. The summed E-state index contributed by atoms with van der Waals surface area (Å²) < 4.78 is 11.2. The van der Waals surface area contributed by atoms with Gasteiger partial charge >= 0.3 is 0 Å². The molecule has 0 amide bonds. The van der Waals surface area contributed by atoms with Crippen LogP contribution in [-0.2, 0) is 4.74 Å². The monoisotopic (exact) mass is 290 g/mol. The number of hydrogen-bond acceptors (Lipinski definition) is 4. The van der Waals surface area contributed by atoms with Crippen LogP contribution in [0, 0.1) is 0 Å². The summed E-state index contributed by atoms with van der Waals surface area (Å²) >= 11 is 12.0. The Hall–Kier alpha value is -0.710. The molecule has 1 fully saturated rings. The van der Waals surface area contributed by atoms with Gasteiger partial charge in [0, 0.05) is 13.7 Å². The molecular weight excluding hydrogens is 275 g/mol. The van der Waals surface area contributed by atoms with Crippen molar-refractivity contribution >= 4 is 29.0 Å². The first-order valence-electron chi connectivity index (χ1n) is 5.99. The number of ether oxygens (including phenoxy) is 2. The third-order valence-electron chi connectivity index (χ3n) is 2.81. The third-order valence-corrected chi connectivity index (χ3v) is 3.37. The maximum absolute atomic E-state index is 6.04. The van der Waals surface area contributed by atoms with E-state index in [1.165, 1.54) is 6.42 Å². The fourth-order valence-electron chi connectivity index (χ4n) is 1.84. The molecule has 1 aliphatic heterocycles. The van der Waals surface area contributed by atoms with E-state index >= 15 is 0 Å². The van der Waals surface area contributed by atoms with Crippen molar-refractivity contribution in [1.82, 2.24) is 4.98 Å². The number of hydrogen-bond donors (Lipinski definition) is 1. The second kappa shape index (κ2) is 6.45. The van der Waals surface area contributed by atoms with E-state index in [0.717, 1.165) is 19.4 Å². The van der Waals surface area contributed by atoms with Crippen LogP contribution in [0.3, 0.4) is 0 Å². The van der Waals surface area contributed by atoms with Gasteiger partial charge in [-0.25, -0.2) is 0 Å². The first kappa shape index (κ1) is 13.7. The first-order valence-corrected chi connectivity index (χ1v) is 6.74. The van der Waals surface area contributed by atoms with Crippen molar-refractivity contribution in [2.45, 2.75) is 25.4 Å². The highest BCUT2D eigenvalue weighted by Gasteiger charge is 2.16. The van der Waals surface area contributed by atoms with E-state index in [0.29, 0.717) is 28.3 Å². The summed E-state index contributed by atoms with van der Waals surface area (Å²) in [5.74, 6) is 0.945. The van der Waals surface area contributed by atoms with Crippen LogP contribution in [0.5, 0.6) is 5.88 Å². The van der Waals surface area contributed by atoms with Crippen molar-refractivity contribution in [2.24, 2.45) is 0 Å². The Morgan fingerprint density at radius 2 is 2.28 bits per heavy atom. The molecule has 0 aliphatic carbocycles. The van der Waals surface area contributed by atoms with Gasteiger partial charge in [0.05, 0.1) is 11.1 Å². The number of anilines is 1. The maximum Gasteiger partial charge on any atom is 0.234 e. The van der Waals surface area contributed by atoms with Crippen molar-refractivity contribution in [1.29, 1.82) is 0 Å². The normalized spacial score (nSPS) is 19.6. The lowest BCUT2D eigenvalue weighted by Crippen LogP contribution is -2.26. The summed E-state index contributed by atoms with van der Waals surface area (Å²) in [5.41, 5.74) is 0. The highest BCUT2D eigenvalue weighted by Crippen LogP contribution is 2.30. The summed E-state index contributed by atoms with van der Waals surface area (Å²) in [6.07, 6.45) is 3.45. The predicted molar refractivity (Wildman–Crippen MR) is 72.9 cm³/mol. The number of nitrogens with one attached hydrogen (secondary N) is 1. The van der Waals surface area contributed by atoms with E-state index in [1.807, 2.05) is 0 Å². The van der Waals surface area contributed by atoms with Crippen molar-refractivity contribution in [3.8, 4) is 5.88 Å². The van der Waals surface area contributed by atoms with Crippen molar-refractivity contribution in [2.75, 3.05) is 25.6 Å². The Morgan fingerprint density at radius 1 is 1.44 bits per heavy atom. The van der Waals surface area contributed by atoms with Gasteiger partial charge in [-0.2, -0.15) is 4.98 Å². The Balaban J connectivity index is 1.99. The van der Waals surface area contributed by atoms with E-state index < -0.39 is 0 Å². The number of rotatable bonds is 4. The molecule has 0 aromatic carbocycles. The predicted octanol–water partition coefficient (Wildman–Crippen LogP) is 3.38. The average Bonchev–Trinajstić information content (AvgIpc) is 2.39. The molecule has 1 unspecified atom stereocenters. The fraction of sp³-hybridized carbons (Fsp3) is 0.583. The molecule has 6 heteroatoms. The van der Waals surface area contributed by atoms with Crippen molar-refractivity contribution in [3.05, 3.63) is 16.1 Å². The molecule has 100 valence electrons. The van der Waals surface area contributed by atoms with E-state index in [9.17, 15) is 0 Å². The standard InChI is InChI=1S/C12H16Cl2N2O2/c1-15-11-9(13)6-10(14)12(16-11)18-7-8-4-2-3-5-17-8/h6,8H,2-5,7H2,1H3,(H,15,16). The zero-order valence-electron chi connectivity index (χ0n) is 10.2. The average molecular weight is 291 g/mol. The quantitative estimate of drug-likeness (QED) is 0.923. The molecular formula is C12H16Cl2N2O2. The maximum atomic E-state index is 6.04. The molecule has 1 aliphatic rings. The Labute approximate surface area is 117 Å². The van der Waals surface area contributed by atoms with Gasteiger partial charge in [-0.1, -0.05) is 23.2 Å². The van der Waals surface area contributed by atoms with E-state index in [4.69, 9.17) is 32.7 Å². The van der Waals surface area contributed by atoms with Crippen LogP contribution in [0.4, 0.5) is 5.82 Å². The van der Waals surface area contributed by atoms with Gasteiger partial charge in [-0.3, -0.25) is 0 Å². The van der Waals surface area contributed by atoms with Crippen molar-refractivity contribution in [3.63, 3.8) is 0 Å². The highest BCUT2D eigenvalue weighted by atomic mass is 35.5. The zero-order valence-corrected chi connectivity index (χ0v) is 11.7. The Bertz CT molecular complexity index is 409. The van der Waals surface area contributed by atoms with E-state index in [2.05, 4.69) is 10.3 Å². The molecule has 1 N–H and O–H groups in total. The number of halogens is 2. The third kappa shape index (κ3) is 3.40. The molecule has 4 nitrogen and oxygen atoms in total. The summed E-state index contributed by atoms with van der Waals surface area (Å²) in [4.78, 5) is 4.22. The second-order valence-corrected chi connectivity index (χ2v) is 4.97. The number of nitrogens with zero attached hydrogens (tertiary/aromatic N) is 1. The van der Waals surface area contributed by atoms with Gasteiger partial charge in [-0.05, 0) is 25.3 Å². The van der Waals surface area contributed by atoms with Gasteiger partial charge < -0.3 is 14.8 Å². The summed E-state index contributed by atoms with van der Waals surface area (Å²) in [6, 6.07) is 1.62. The topological polar surface area (TPSA) is 43.4 Å². The molecule has 1 saturated heterocycles. The molecule has 0 bridgehead atoms. The van der Waals surface area contributed by atoms with Gasteiger partial charge in [0.2, 0.25) is 5.88 Å². The SMILES string of the molecule is CNc1nc(OCC2CCCCO2)c(Cl)cc1Cl. The lowest BCUT2D eigenvalue weighted by molar-refractivity contribution is -0.0118. The summed E-state index contributed by atoms with van der Waals surface area (Å²) in [5, 5.41) is 3.78. The highest BCUT2D eigenvalue weighted by molar-refractivity contribution is 6.36. The minimum Gasteiger partial charge on any atom is -0.474 e. The Kier molecular flexibility index (Phi) is 4.92. The smallest absolute Gasteiger partial charge is 0.234 e. The van der Waals surface area contributed by atoms with Gasteiger partial charge in [-0.15, -0.1) is 0 Å². The van der Waals surface area contributed by atoms with Gasteiger partial charge in [0.1, 0.15) is 17.4 Å². The molecule has 2 rings (SSSR count). The van der Waals surface area contributed by atoms with E-state index in [-0.39, 0.29) is 6.10 Å². The lowest BCUT2D eigenvalue weighted by Gasteiger charge is -2.22. The minimum atomic E-state index is 0.130. The molecule has 2 heterocycles. The summed E-state index contributed by atoms with van der Waals surface area (Å²) in [6.45, 7) is 1.27. The van der Waals surface area contributed by atoms with Crippen LogP contribution in [0.25, 0.3) is 0 Å². The molecule has 18 heavy (non-hydrogen) atoms. The molecule has 1 aromatic rings. The molecule has 1 aromatic heterocycles. The van der Waals surface area contributed by atoms with Crippen LogP contribution in [0.1, 0.15) is 19.3 Å². The van der Waals surface area contributed by atoms with Gasteiger partial charge in [0.15, 0.2) is 0 Å². The molecule has 0 radical (unpaired) electrons. The largest absolute Gasteiger partial charge is 0.474 e. The minimum absolute atomic E-state index is 0.130. The fourth-order valence-corrected chi connectivity index (χ4v) is 2.34. The van der Waals surface area contributed by atoms with Crippen LogP contribution in [0.2, 0.25) is 10.0 Å². The first-order chi connectivity index (χ1) is 8.70. The Morgan fingerprint density at radius 3 is 2.94 bits per heavy atom. The van der Waals surface area contributed by atoms with Crippen LogP contribution < -0.4 is 10.1 Å². The van der Waals surface area contributed by atoms with Crippen LogP contribution in [0.15, 0.2) is 6.07 Å². The molecule has 0 spiro atoms. The van der Waals surface area contributed by atoms with Crippen LogP contribution >= 0.6 is 23.2 Å². The van der Waals surface area contributed by atoms with Gasteiger partial charge in [0.25, 0.3) is 0 Å². The second-order valence-electron chi connectivity index (χ2n) is 4.16. The summed E-state index contributed by atoms with van der Waals surface area (Å²) in [7, 11) is 1.75.